The molecule has 3 nitrogen and oxygen atoms in total. The lowest BCUT2D eigenvalue weighted by Crippen LogP contribution is -2.27. The molecule has 0 saturated heterocycles. The number of allylic oxidation sites excluding steroid dienone is 1. The number of hydrogen-bond acceptors (Lipinski definition) is 3. The number of phenols is 1. The molecule has 0 atom stereocenters. The summed E-state index contributed by atoms with van der Waals surface area (Å²) in [5.41, 5.74) is 3.40. The standard InChI is InChI=1S/C21H27NO2/c1-4-22(5-2)14-15-24-21-12-6-18(7-13-21)16-17(3)19-8-10-20(23)11-9-19/h6-13,16,23H,4-5,14-15H2,1-3H3. The molecule has 0 bridgehead atoms. The van der Waals surface area contributed by atoms with E-state index in [0.29, 0.717) is 6.61 Å². The van der Waals surface area contributed by atoms with Gasteiger partial charge in [0.05, 0.1) is 0 Å². The van der Waals surface area contributed by atoms with Crippen molar-refractivity contribution in [3.63, 3.8) is 0 Å². The molecule has 0 aliphatic rings. The van der Waals surface area contributed by atoms with Crippen LogP contribution in [0.2, 0.25) is 0 Å². The Kier molecular flexibility index (Phi) is 6.89. The van der Waals surface area contributed by atoms with Gasteiger partial charge in [-0.1, -0.05) is 44.2 Å². The second kappa shape index (κ2) is 9.14. The van der Waals surface area contributed by atoms with Crippen LogP contribution in [0.25, 0.3) is 11.6 Å². The van der Waals surface area contributed by atoms with Crippen LogP contribution in [0, 0.1) is 0 Å². The molecule has 2 aromatic rings. The molecule has 3 heteroatoms. The highest BCUT2D eigenvalue weighted by molar-refractivity contribution is 5.80. The Balaban J connectivity index is 1.94. The van der Waals surface area contributed by atoms with Crippen LogP contribution in [0.3, 0.4) is 0 Å². The minimum Gasteiger partial charge on any atom is -0.508 e. The molecule has 0 amide bonds. The summed E-state index contributed by atoms with van der Waals surface area (Å²) in [6, 6.07) is 15.4. The van der Waals surface area contributed by atoms with Crippen molar-refractivity contribution in [1.82, 2.24) is 4.90 Å². The van der Waals surface area contributed by atoms with Gasteiger partial charge in [-0.15, -0.1) is 0 Å². The Labute approximate surface area is 145 Å². The maximum Gasteiger partial charge on any atom is 0.119 e. The number of ether oxygens (including phenoxy) is 1. The lowest BCUT2D eigenvalue weighted by atomic mass is 10.0. The molecule has 0 aliphatic heterocycles. The zero-order valence-corrected chi connectivity index (χ0v) is 14.8. The zero-order chi connectivity index (χ0) is 17.4. The van der Waals surface area contributed by atoms with Crippen molar-refractivity contribution in [2.75, 3.05) is 26.2 Å². The first-order valence-electron chi connectivity index (χ1n) is 8.55. The molecule has 0 heterocycles. The summed E-state index contributed by atoms with van der Waals surface area (Å²) in [6.07, 6.45) is 2.13. The van der Waals surface area contributed by atoms with Gasteiger partial charge in [0.2, 0.25) is 0 Å². The SMILES string of the molecule is CCN(CC)CCOc1ccc(C=C(C)c2ccc(O)cc2)cc1. The number of likely N-dealkylation sites (N-methyl/N-ethyl adjacent to an activating group) is 1. The number of nitrogens with zero attached hydrogens (tertiary/aromatic N) is 1. The van der Waals surface area contributed by atoms with E-state index in [0.717, 1.165) is 42.1 Å². The molecule has 0 aromatic heterocycles. The summed E-state index contributed by atoms with van der Waals surface area (Å²) in [6.45, 7) is 10.2. The maximum atomic E-state index is 9.36. The number of aromatic hydroxyl groups is 1. The minimum atomic E-state index is 0.290. The molecule has 0 fully saturated rings. The van der Waals surface area contributed by atoms with Crippen LogP contribution in [0.1, 0.15) is 31.9 Å². The van der Waals surface area contributed by atoms with Crippen LogP contribution in [0.15, 0.2) is 48.5 Å². The van der Waals surface area contributed by atoms with E-state index in [1.807, 2.05) is 24.3 Å². The Hall–Kier alpha value is -2.26. The highest BCUT2D eigenvalue weighted by Gasteiger charge is 2.00. The van der Waals surface area contributed by atoms with Crippen molar-refractivity contribution < 1.29 is 9.84 Å². The van der Waals surface area contributed by atoms with E-state index >= 15 is 0 Å². The van der Waals surface area contributed by atoms with Gasteiger partial charge in [0.25, 0.3) is 0 Å². The van der Waals surface area contributed by atoms with Gasteiger partial charge >= 0.3 is 0 Å². The summed E-state index contributed by atoms with van der Waals surface area (Å²) >= 11 is 0. The van der Waals surface area contributed by atoms with Crippen molar-refractivity contribution in [1.29, 1.82) is 0 Å². The van der Waals surface area contributed by atoms with Gasteiger partial charge in [0.1, 0.15) is 18.1 Å². The number of rotatable bonds is 8. The summed E-state index contributed by atoms with van der Waals surface area (Å²) in [4.78, 5) is 2.35. The van der Waals surface area contributed by atoms with Crippen LogP contribution in [-0.2, 0) is 0 Å². The van der Waals surface area contributed by atoms with E-state index in [1.54, 1.807) is 12.1 Å². The third kappa shape index (κ3) is 5.43. The Morgan fingerprint density at radius 2 is 1.62 bits per heavy atom. The molecule has 128 valence electrons. The monoisotopic (exact) mass is 325 g/mol. The van der Waals surface area contributed by atoms with Crippen molar-refractivity contribution in [3.05, 3.63) is 59.7 Å². The fraction of sp³-hybridized carbons (Fsp3) is 0.333. The van der Waals surface area contributed by atoms with Gasteiger partial charge in [0, 0.05) is 6.54 Å². The van der Waals surface area contributed by atoms with Crippen LogP contribution in [-0.4, -0.2) is 36.2 Å². The average Bonchev–Trinajstić information content (AvgIpc) is 2.60. The van der Waals surface area contributed by atoms with Gasteiger partial charge in [-0.25, -0.2) is 0 Å². The summed E-state index contributed by atoms with van der Waals surface area (Å²) in [5.74, 6) is 1.19. The van der Waals surface area contributed by atoms with Gasteiger partial charge < -0.3 is 14.7 Å². The summed E-state index contributed by atoms with van der Waals surface area (Å²) in [5, 5.41) is 9.36. The Bertz CT molecular complexity index is 641. The molecule has 2 rings (SSSR count). The van der Waals surface area contributed by atoms with E-state index in [4.69, 9.17) is 4.74 Å². The van der Waals surface area contributed by atoms with Gasteiger partial charge in [-0.05, 0) is 61.0 Å². The second-order valence-electron chi connectivity index (χ2n) is 5.82. The van der Waals surface area contributed by atoms with Gasteiger partial charge in [-0.3, -0.25) is 0 Å². The lowest BCUT2D eigenvalue weighted by Gasteiger charge is -2.18. The second-order valence-corrected chi connectivity index (χ2v) is 5.82. The number of hydrogen-bond donors (Lipinski definition) is 1. The normalized spacial score (nSPS) is 11.8. The van der Waals surface area contributed by atoms with Crippen LogP contribution in [0.5, 0.6) is 11.5 Å². The van der Waals surface area contributed by atoms with E-state index in [1.165, 1.54) is 0 Å². The molecule has 0 saturated carbocycles. The van der Waals surface area contributed by atoms with Crippen LogP contribution in [0.4, 0.5) is 0 Å². The van der Waals surface area contributed by atoms with E-state index < -0.39 is 0 Å². The fourth-order valence-corrected chi connectivity index (χ4v) is 2.55. The predicted octanol–water partition coefficient (Wildman–Crippen LogP) is 4.67. The third-order valence-electron chi connectivity index (χ3n) is 4.16. The molecular weight excluding hydrogens is 298 g/mol. The summed E-state index contributed by atoms with van der Waals surface area (Å²) in [7, 11) is 0. The van der Waals surface area contributed by atoms with Crippen molar-refractivity contribution in [3.8, 4) is 11.5 Å². The maximum absolute atomic E-state index is 9.36. The highest BCUT2D eigenvalue weighted by Crippen LogP contribution is 2.21. The Morgan fingerprint density at radius 3 is 2.21 bits per heavy atom. The van der Waals surface area contributed by atoms with Crippen molar-refractivity contribution >= 4 is 11.6 Å². The number of phenolic OH excluding ortho intramolecular Hbond substituents is 1. The Morgan fingerprint density at radius 1 is 1.00 bits per heavy atom. The van der Waals surface area contributed by atoms with E-state index in [2.05, 4.69) is 43.9 Å². The van der Waals surface area contributed by atoms with E-state index in [-0.39, 0.29) is 5.75 Å². The summed E-state index contributed by atoms with van der Waals surface area (Å²) < 4.78 is 5.81. The van der Waals surface area contributed by atoms with Crippen molar-refractivity contribution in [2.45, 2.75) is 20.8 Å². The van der Waals surface area contributed by atoms with Crippen LogP contribution >= 0.6 is 0 Å². The quantitative estimate of drug-likeness (QED) is 0.716. The van der Waals surface area contributed by atoms with E-state index in [9.17, 15) is 5.11 Å². The number of benzene rings is 2. The van der Waals surface area contributed by atoms with Gasteiger partial charge in [0.15, 0.2) is 0 Å². The highest BCUT2D eigenvalue weighted by atomic mass is 16.5. The largest absolute Gasteiger partial charge is 0.508 e. The van der Waals surface area contributed by atoms with Gasteiger partial charge in [-0.2, -0.15) is 0 Å². The molecule has 1 N–H and O–H groups in total. The molecule has 0 radical (unpaired) electrons. The zero-order valence-electron chi connectivity index (χ0n) is 14.8. The lowest BCUT2D eigenvalue weighted by molar-refractivity contribution is 0.223. The average molecular weight is 325 g/mol. The topological polar surface area (TPSA) is 32.7 Å². The molecule has 0 unspecified atom stereocenters. The minimum absolute atomic E-state index is 0.290. The first-order valence-corrected chi connectivity index (χ1v) is 8.55. The third-order valence-corrected chi connectivity index (χ3v) is 4.16. The molecule has 0 spiro atoms. The smallest absolute Gasteiger partial charge is 0.119 e. The molecular formula is C21H27NO2. The molecule has 0 aliphatic carbocycles. The van der Waals surface area contributed by atoms with Crippen molar-refractivity contribution in [2.24, 2.45) is 0 Å². The first kappa shape index (κ1) is 18.1. The fourth-order valence-electron chi connectivity index (χ4n) is 2.55. The molecule has 2 aromatic carbocycles. The molecule has 24 heavy (non-hydrogen) atoms. The predicted molar refractivity (Wildman–Crippen MR) is 101 cm³/mol. The van der Waals surface area contributed by atoms with Crippen LogP contribution < -0.4 is 4.74 Å². The first-order chi connectivity index (χ1) is 11.6.